The zero-order valence-corrected chi connectivity index (χ0v) is 23.1. The van der Waals surface area contributed by atoms with Gasteiger partial charge >= 0.3 is 12.3 Å². The molecule has 1 N–H and O–H groups in total. The molecular weight excluding hydrogens is 535 g/mol. The fraction of sp³-hybridized carbons (Fsp3) is 0.429. The molecule has 7 nitrogen and oxygen atoms in total. The quantitative estimate of drug-likeness (QED) is 0.232. The van der Waals surface area contributed by atoms with E-state index in [0.717, 1.165) is 5.52 Å². The normalized spacial score (nSPS) is 17.5. The number of carbonyl (C=O) groups is 1. The van der Waals surface area contributed by atoms with Crippen molar-refractivity contribution < 1.29 is 32.2 Å². The highest BCUT2D eigenvalue weighted by Gasteiger charge is 2.41. The topological polar surface area (TPSA) is 74.6 Å². The van der Waals surface area contributed by atoms with Crippen LogP contribution in [0.2, 0.25) is 5.02 Å². The molecule has 11 heteroatoms. The lowest BCUT2D eigenvalue weighted by Gasteiger charge is -2.46. The number of ether oxygens (including phenoxy) is 3. The van der Waals surface area contributed by atoms with Crippen molar-refractivity contribution in [3.63, 3.8) is 0 Å². The van der Waals surface area contributed by atoms with Gasteiger partial charge in [0.15, 0.2) is 0 Å². The molecule has 2 aromatic carbocycles. The van der Waals surface area contributed by atoms with Crippen LogP contribution in [0.25, 0.3) is 17.1 Å². The molecule has 1 aromatic heterocycles. The van der Waals surface area contributed by atoms with Gasteiger partial charge in [-0.25, -0.2) is 9.78 Å². The van der Waals surface area contributed by atoms with E-state index in [9.17, 15) is 18.0 Å². The number of aromatic nitrogens is 2. The van der Waals surface area contributed by atoms with Crippen molar-refractivity contribution in [2.45, 2.75) is 71.1 Å². The SMILES string of the molecule is CCOC(=O)/C=C/c1cc2nc(Nc3ccc(OC(F)(F)F)cc3)n(C3CC(C)(C)OC(C)(C)C3)c2cc1Cl. The van der Waals surface area contributed by atoms with E-state index >= 15 is 0 Å². The fourth-order valence-corrected chi connectivity index (χ4v) is 5.38. The number of hydrogen-bond acceptors (Lipinski definition) is 6. The monoisotopic (exact) mass is 565 g/mol. The summed E-state index contributed by atoms with van der Waals surface area (Å²) in [5.74, 6) is -0.305. The number of benzene rings is 2. The first-order valence-corrected chi connectivity index (χ1v) is 12.9. The number of nitrogens with zero attached hydrogens (tertiary/aromatic N) is 2. The van der Waals surface area contributed by atoms with E-state index < -0.39 is 23.5 Å². The first-order valence-electron chi connectivity index (χ1n) is 12.5. The Kier molecular flexibility index (Phi) is 7.91. The van der Waals surface area contributed by atoms with Gasteiger partial charge in [0.2, 0.25) is 5.95 Å². The predicted molar refractivity (Wildman–Crippen MR) is 144 cm³/mol. The van der Waals surface area contributed by atoms with Gasteiger partial charge in [-0.3, -0.25) is 0 Å². The molecule has 0 amide bonds. The van der Waals surface area contributed by atoms with E-state index in [1.165, 1.54) is 30.3 Å². The summed E-state index contributed by atoms with van der Waals surface area (Å²) >= 11 is 6.63. The zero-order chi connectivity index (χ0) is 28.6. The maximum Gasteiger partial charge on any atom is 0.573 e. The van der Waals surface area contributed by atoms with Crippen LogP contribution in [-0.2, 0) is 14.3 Å². The van der Waals surface area contributed by atoms with Gasteiger partial charge in [0.25, 0.3) is 0 Å². The maximum absolute atomic E-state index is 12.6. The second-order valence-corrected chi connectivity index (χ2v) is 11.0. The molecule has 4 rings (SSSR count). The molecule has 0 saturated carbocycles. The summed E-state index contributed by atoms with van der Waals surface area (Å²) in [4.78, 5) is 16.6. The third kappa shape index (κ3) is 7.24. The summed E-state index contributed by atoms with van der Waals surface area (Å²) in [7, 11) is 0. The number of nitrogens with one attached hydrogen (secondary N) is 1. The Morgan fingerprint density at radius 3 is 2.41 bits per heavy atom. The van der Waals surface area contributed by atoms with Gasteiger partial charge in [0, 0.05) is 17.8 Å². The average Bonchev–Trinajstić information content (AvgIpc) is 3.12. The molecular formula is C28H31ClF3N3O4. The Balaban J connectivity index is 1.77. The van der Waals surface area contributed by atoms with Crippen molar-refractivity contribution in [1.82, 2.24) is 9.55 Å². The van der Waals surface area contributed by atoms with Crippen molar-refractivity contribution in [3.8, 4) is 5.75 Å². The number of imidazole rings is 1. The van der Waals surface area contributed by atoms with Crippen molar-refractivity contribution in [3.05, 3.63) is 53.1 Å². The molecule has 0 radical (unpaired) electrons. The number of carbonyl (C=O) groups excluding carboxylic acids is 1. The van der Waals surface area contributed by atoms with E-state index in [4.69, 9.17) is 26.1 Å². The fourth-order valence-electron chi connectivity index (χ4n) is 5.16. The largest absolute Gasteiger partial charge is 0.573 e. The van der Waals surface area contributed by atoms with Gasteiger partial charge in [-0.2, -0.15) is 0 Å². The maximum atomic E-state index is 12.6. The van der Waals surface area contributed by atoms with Crippen molar-refractivity contribution in [2.75, 3.05) is 11.9 Å². The van der Waals surface area contributed by atoms with Crippen LogP contribution in [-0.4, -0.2) is 39.7 Å². The van der Waals surface area contributed by atoms with Crippen LogP contribution >= 0.6 is 11.6 Å². The number of rotatable bonds is 7. The van der Waals surface area contributed by atoms with E-state index in [1.54, 1.807) is 25.1 Å². The third-order valence-corrected chi connectivity index (χ3v) is 6.54. The second kappa shape index (κ2) is 10.7. The van der Waals surface area contributed by atoms with Crippen molar-refractivity contribution in [1.29, 1.82) is 0 Å². The smallest absolute Gasteiger partial charge is 0.463 e. The summed E-state index contributed by atoms with van der Waals surface area (Å²) in [6.07, 6.45) is -0.509. The van der Waals surface area contributed by atoms with Gasteiger partial charge in [0.05, 0.1) is 33.9 Å². The molecule has 0 aliphatic carbocycles. The Morgan fingerprint density at radius 1 is 1.18 bits per heavy atom. The van der Waals surface area contributed by atoms with Gasteiger partial charge in [-0.05, 0) is 95.5 Å². The molecule has 39 heavy (non-hydrogen) atoms. The molecule has 2 heterocycles. The molecule has 210 valence electrons. The van der Waals surface area contributed by atoms with Crippen LogP contribution in [0.15, 0.2) is 42.5 Å². The minimum absolute atomic E-state index is 0.0268. The van der Waals surface area contributed by atoms with Crippen LogP contribution in [0.3, 0.4) is 0 Å². The van der Waals surface area contributed by atoms with E-state index in [1.807, 2.05) is 27.7 Å². The minimum Gasteiger partial charge on any atom is -0.463 e. The van der Waals surface area contributed by atoms with Gasteiger partial charge in [-0.15, -0.1) is 13.2 Å². The van der Waals surface area contributed by atoms with E-state index in [0.29, 0.717) is 40.6 Å². The Labute approximate surface area is 229 Å². The van der Waals surface area contributed by atoms with Crippen LogP contribution < -0.4 is 10.1 Å². The Bertz CT molecular complexity index is 1370. The Morgan fingerprint density at radius 2 is 1.82 bits per heavy atom. The van der Waals surface area contributed by atoms with Crippen LogP contribution in [0.1, 0.15) is 59.1 Å². The number of anilines is 2. The minimum atomic E-state index is -4.77. The molecule has 0 unspecified atom stereocenters. The predicted octanol–water partition coefficient (Wildman–Crippen LogP) is 7.82. The molecule has 0 atom stereocenters. The highest BCUT2D eigenvalue weighted by Crippen LogP contribution is 2.44. The van der Waals surface area contributed by atoms with Crippen molar-refractivity contribution >= 4 is 46.3 Å². The van der Waals surface area contributed by atoms with Gasteiger partial charge in [-0.1, -0.05) is 11.6 Å². The Hall–Kier alpha value is -3.24. The number of alkyl halides is 3. The summed E-state index contributed by atoms with van der Waals surface area (Å²) in [6.45, 7) is 10.1. The molecule has 1 fully saturated rings. The summed E-state index contributed by atoms with van der Waals surface area (Å²) in [5, 5.41) is 3.67. The van der Waals surface area contributed by atoms with Crippen LogP contribution in [0.4, 0.5) is 24.8 Å². The van der Waals surface area contributed by atoms with Gasteiger partial charge in [0.1, 0.15) is 5.75 Å². The lowest BCUT2D eigenvalue weighted by atomic mass is 9.85. The first kappa shape index (κ1) is 28.8. The highest BCUT2D eigenvalue weighted by molar-refractivity contribution is 6.32. The number of halogens is 4. The standard InChI is InChI=1S/C28H31ClF3N3O4/c1-6-37-24(36)12-7-17-13-22-23(14-21(17)29)35(19-15-26(2,3)39-27(4,5)16-19)25(34-22)33-18-8-10-20(11-9-18)38-28(30,31)32/h7-14,19H,6,15-16H2,1-5H3,(H,33,34)/b12-7+. The summed E-state index contributed by atoms with van der Waals surface area (Å²) in [6, 6.07) is 9.01. The van der Waals surface area contributed by atoms with Crippen LogP contribution in [0.5, 0.6) is 5.75 Å². The summed E-state index contributed by atoms with van der Waals surface area (Å²) < 4.78 is 55.1. The van der Waals surface area contributed by atoms with E-state index in [-0.39, 0.29) is 18.4 Å². The zero-order valence-electron chi connectivity index (χ0n) is 22.4. The molecule has 0 bridgehead atoms. The first-order chi connectivity index (χ1) is 18.1. The molecule has 3 aromatic rings. The summed E-state index contributed by atoms with van der Waals surface area (Å²) in [5.41, 5.74) is 1.69. The molecule has 0 spiro atoms. The number of fused-ring (bicyclic) bond motifs is 1. The number of esters is 1. The third-order valence-electron chi connectivity index (χ3n) is 6.21. The second-order valence-electron chi connectivity index (χ2n) is 10.6. The van der Waals surface area contributed by atoms with Crippen LogP contribution in [0, 0.1) is 0 Å². The highest BCUT2D eigenvalue weighted by atomic mass is 35.5. The average molecular weight is 566 g/mol. The van der Waals surface area contributed by atoms with Gasteiger partial charge < -0.3 is 24.1 Å². The van der Waals surface area contributed by atoms with Crippen molar-refractivity contribution in [2.24, 2.45) is 0 Å². The molecule has 1 aliphatic heterocycles. The number of hydrogen-bond donors (Lipinski definition) is 1. The molecule has 1 saturated heterocycles. The lowest BCUT2D eigenvalue weighted by Crippen LogP contribution is -2.45. The van der Waals surface area contributed by atoms with E-state index in [2.05, 4.69) is 14.6 Å². The molecule has 1 aliphatic rings. The lowest BCUT2D eigenvalue weighted by molar-refractivity contribution is -0.274.